The van der Waals surface area contributed by atoms with Gasteiger partial charge in [-0.1, -0.05) is 6.07 Å². The summed E-state index contributed by atoms with van der Waals surface area (Å²) in [6.07, 6.45) is 2.83. The van der Waals surface area contributed by atoms with Crippen LogP contribution in [0.1, 0.15) is 6.42 Å². The van der Waals surface area contributed by atoms with Gasteiger partial charge in [-0.05, 0) is 36.6 Å². The zero-order valence-electron chi connectivity index (χ0n) is 18.4. The van der Waals surface area contributed by atoms with E-state index in [0.717, 1.165) is 67.3 Å². The van der Waals surface area contributed by atoms with E-state index in [1.165, 1.54) is 0 Å². The highest BCUT2D eigenvalue weighted by Crippen LogP contribution is 2.42. The number of anilines is 1. The Labute approximate surface area is 186 Å². The molecule has 0 spiro atoms. The summed E-state index contributed by atoms with van der Waals surface area (Å²) in [6, 6.07) is 9.52. The number of carbonyl (C=O) groups is 1. The fraction of sp³-hybridized carbons (Fsp3) is 0.417. The minimum Gasteiger partial charge on any atom is -0.496 e. The molecule has 2 aliphatic rings. The number of carbonyl (C=O) groups excluding carboxylic acids is 1. The third-order valence-corrected chi connectivity index (χ3v) is 6.34. The van der Waals surface area contributed by atoms with Gasteiger partial charge < -0.3 is 24.5 Å². The van der Waals surface area contributed by atoms with Gasteiger partial charge in [-0.2, -0.15) is 0 Å². The Morgan fingerprint density at radius 1 is 1.19 bits per heavy atom. The standard InChI is InChI=1S/C24H28N4O4/c1-30-19-4-3-5-20(31-2)22(19)18-13-25-23-16(18)6-7-21(26-23)27-24(29)17-12-15(17)14-28-8-10-32-11-9-28/h3-7,13,15,17H,8-12,14H2,1-2H3,(H2,25,26,27,29). The van der Waals surface area contributed by atoms with E-state index in [2.05, 4.69) is 20.2 Å². The van der Waals surface area contributed by atoms with Gasteiger partial charge in [-0.25, -0.2) is 4.98 Å². The van der Waals surface area contributed by atoms with Crippen molar-refractivity contribution in [3.8, 4) is 22.6 Å². The lowest BCUT2D eigenvalue weighted by Crippen LogP contribution is -2.38. The predicted octanol–water partition coefficient (Wildman–Crippen LogP) is 3.15. The summed E-state index contributed by atoms with van der Waals surface area (Å²) in [6.45, 7) is 4.44. The number of aromatic amines is 1. The van der Waals surface area contributed by atoms with E-state index < -0.39 is 0 Å². The normalized spacial score (nSPS) is 20.8. The molecular weight excluding hydrogens is 408 g/mol. The maximum absolute atomic E-state index is 12.7. The van der Waals surface area contributed by atoms with E-state index in [-0.39, 0.29) is 11.8 Å². The van der Waals surface area contributed by atoms with Crippen molar-refractivity contribution in [2.45, 2.75) is 6.42 Å². The Bertz CT molecular complexity index is 1100. The SMILES string of the molecule is COc1cccc(OC)c1-c1c[nH]c2nc(NC(=O)C3CC3CN3CCOCC3)ccc12. The number of hydrogen-bond acceptors (Lipinski definition) is 6. The Balaban J connectivity index is 1.30. The van der Waals surface area contributed by atoms with E-state index in [1.807, 2.05) is 36.5 Å². The number of methoxy groups -OCH3 is 2. The summed E-state index contributed by atoms with van der Waals surface area (Å²) in [7, 11) is 3.28. The Kier molecular flexibility index (Phi) is 5.71. The molecule has 8 nitrogen and oxygen atoms in total. The number of hydrogen-bond donors (Lipinski definition) is 2. The van der Waals surface area contributed by atoms with Gasteiger partial charge in [0, 0.05) is 42.7 Å². The molecule has 8 heteroatoms. The smallest absolute Gasteiger partial charge is 0.228 e. The van der Waals surface area contributed by atoms with Crippen LogP contribution < -0.4 is 14.8 Å². The lowest BCUT2D eigenvalue weighted by atomic mass is 10.0. The van der Waals surface area contributed by atoms with Gasteiger partial charge in [-0.3, -0.25) is 9.69 Å². The highest BCUT2D eigenvalue weighted by molar-refractivity contribution is 5.99. The van der Waals surface area contributed by atoms with Crippen LogP contribution in [0.4, 0.5) is 5.82 Å². The van der Waals surface area contributed by atoms with Gasteiger partial charge in [0.15, 0.2) is 0 Å². The number of aromatic nitrogens is 2. The molecular formula is C24H28N4O4. The molecule has 1 amide bonds. The van der Waals surface area contributed by atoms with E-state index in [4.69, 9.17) is 14.2 Å². The van der Waals surface area contributed by atoms with Crippen LogP contribution in [0.15, 0.2) is 36.5 Å². The van der Waals surface area contributed by atoms with E-state index in [9.17, 15) is 4.79 Å². The van der Waals surface area contributed by atoms with Crippen LogP contribution in [0.2, 0.25) is 0 Å². The van der Waals surface area contributed by atoms with Crippen LogP contribution in [-0.2, 0) is 9.53 Å². The molecule has 1 saturated heterocycles. The van der Waals surface area contributed by atoms with Crippen LogP contribution in [0.25, 0.3) is 22.2 Å². The first-order chi connectivity index (χ1) is 15.7. The van der Waals surface area contributed by atoms with Crippen molar-refractivity contribution >= 4 is 22.8 Å². The lowest BCUT2D eigenvalue weighted by Gasteiger charge is -2.26. The summed E-state index contributed by atoms with van der Waals surface area (Å²) in [5.74, 6) is 2.54. The molecule has 5 rings (SSSR count). The number of H-pyrrole nitrogens is 1. The predicted molar refractivity (Wildman–Crippen MR) is 122 cm³/mol. The molecule has 2 aromatic heterocycles. The van der Waals surface area contributed by atoms with Gasteiger partial charge in [0.05, 0.1) is 33.0 Å². The molecule has 1 aliphatic heterocycles. The van der Waals surface area contributed by atoms with Crippen LogP contribution >= 0.6 is 0 Å². The maximum atomic E-state index is 12.7. The number of amides is 1. The highest BCUT2D eigenvalue weighted by Gasteiger charge is 2.43. The minimum atomic E-state index is 0.0493. The topological polar surface area (TPSA) is 88.7 Å². The largest absolute Gasteiger partial charge is 0.496 e. The third kappa shape index (κ3) is 4.03. The van der Waals surface area contributed by atoms with Crippen LogP contribution in [-0.4, -0.2) is 67.8 Å². The van der Waals surface area contributed by atoms with Crippen molar-refractivity contribution in [1.82, 2.24) is 14.9 Å². The Morgan fingerprint density at radius 3 is 2.66 bits per heavy atom. The molecule has 3 heterocycles. The van der Waals surface area contributed by atoms with Gasteiger partial charge in [0.2, 0.25) is 5.91 Å². The molecule has 3 aromatic rings. The fourth-order valence-corrected chi connectivity index (χ4v) is 4.50. The number of fused-ring (bicyclic) bond motifs is 1. The second kappa shape index (κ2) is 8.80. The molecule has 2 atom stereocenters. The number of nitrogens with one attached hydrogen (secondary N) is 2. The van der Waals surface area contributed by atoms with Gasteiger partial charge in [0.1, 0.15) is 23.0 Å². The Hall–Kier alpha value is -3.10. The molecule has 32 heavy (non-hydrogen) atoms. The number of ether oxygens (including phenoxy) is 3. The number of morpholine rings is 1. The molecule has 0 bridgehead atoms. The van der Waals surface area contributed by atoms with Crippen molar-refractivity contribution in [2.24, 2.45) is 11.8 Å². The molecule has 1 aliphatic carbocycles. The lowest BCUT2D eigenvalue weighted by molar-refractivity contribution is -0.117. The van der Waals surface area contributed by atoms with Crippen molar-refractivity contribution in [3.05, 3.63) is 36.5 Å². The molecule has 0 radical (unpaired) electrons. The van der Waals surface area contributed by atoms with E-state index in [0.29, 0.717) is 17.4 Å². The molecule has 2 fully saturated rings. The fourth-order valence-electron chi connectivity index (χ4n) is 4.50. The van der Waals surface area contributed by atoms with Gasteiger partial charge >= 0.3 is 0 Å². The van der Waals surface area contributed by atoms with Crippen LogP contribution in [0.5, 0.6) is 11.5 Å². The zero-order chi connectivity index (χ0) is 22.1. The second-order valence-corrected chi connectivity index (χ2v) is 8.34. The number of pyridine rings is 1. The third-order valence-electron chi connectivity index (χ3n) is 6.34. The molecule has 168 valence electrons. The van der Waals surface area contributed by atoms with E-state index >= 15 is 0 Å². The molecule has 1 aromatic carbocycles. The zero-order valence-corrected chi connectivity index (χ0v) is 18.4. The van der Waals surface area contributed by atoms with Crippen molar-refractivity contribution in [1.29, 1.82) is 0 Å². The van der Waals surface area contributed by atoms with Crippen molar-refractivity contribution in [3.63, 3.8) is 0 Å². The quantitative estimate of drug-likeness (QED) is 0.592. The van der Waals surface area contributed by atoms with Crippen LogP contribution in [0, 0.1) is 11.8 Å². The average Bonchev–Trinajstić information content (AvgIpc) is 3.47. The summed E-state index contributed by atoms with van der Waals surface area (Å²) in [5, 5.41) is 3.93. The highest BCUT2D eigenvalue weighted by atomic mass is 16.5. The maximum Gasteiger partial charge on any atom is 0.228 e. The minimum absolute atomic E-state index is 0.0493. The number of benzene rings is 1. The van der Waals surface area contributed by atoms with Crippen molar-refractivity contribution in [2.75, 3.05) is 52.4 Å². The van der Waals surface area contributed by atoms with Gasteiger partial charge in [-0.15, -0.1) is 0 Å². The molecule has 2 N–H and O–H groups in total. The molecule has 2 unspecified atom stereocenters. The molecule has 1 saturated carbocycles. The first kappa shape index (κ1) is 20.8. The first-order valence-corrected chi connectivity index (χ1v) is 11.0. The summed E-state index contributed by atoms with van der Waals surface area (Å²) in [5.41, 5.74) is 2.50. The van der Waals surface area contributed by atoms with E-state index in [1.54, 1.807) is 14.2 Å². The number of rotatable bonds is 7. The summed E-state index contributed by atoms with van der Waals surface area (Å²) in [4.78, 5) is 23.0. The average molecular weight is 437 g/mol. The van der Waals surface area contributed by atoms with Gasteiger partial charge in [0.25, 0.3) is 0 Å². The van der Waals surface area contributed by atoms with Crippen molar-refractivity contribution < 1.29 is 19.0 Å². The Morgan fingerprint density at radius 2 is 1.94 bits per heavy atom. The monoisotopic (exact) mass is 436 g/mol. The number of nitrogens with zero attached hydrogens (tertiary/aromatic N) is 2. The first-order valence-electron chi connectivity index (χ1n) is 11.0. The second-order valence-electron chi connectivity index (χ2n) is 8.34. The summed E-state index contributed by atoms with van der Waals surface area (Å²) < 4.78 is 16.5. The summed E-state index contributed by atoms with van der Waals surface area (Å²) >= 11 is 0. The van der Waals surface area contributed by atoms with Crippen LogP contribution in [0.3, 0.4) is 0 Å².